The van der Waals surface area contributed by atoms with E-state index in [4.69, 9.17) is 11.6 Å². The molecule has 15 heavy (non-hydrogen) atoms. The molecule has 1 saturated heterocycles. The largest absolute Gasteiger partial charge is 0.354 e. The van der Waals surface area contributed by atoms with Gasteiger partial charge in [0.05, 0.1) is 0 Å². The van der Waals surface area contributed by atoms with E-state index in [0.29, 0.717) is 10.5 Å². The van der Waals surface area contributed by atoms with Crippen LogP contribution in [0.2, 0.25) is 5.28 Å². The van der Waals surface area contributed by atoms with Crippen molar-refractivity contribution in [1.82, 2.24) is 9.97 Å². The van der Waals surface area contributed by atoms with Gasteiger partial charge in [0.15, 0.2) is 0 Å². The second kappa shape index (κ2) is 4.58. The highest BCUT2D eigenvalue weighted by Gasteiger charge is 2.19. The number of aryl methyl sites for hydroxylation is 1. The molecule has 0 spiro atoms. The standard InChI is InChI=1S/C10H14ClN3S/c1-7-5-12-10(11)13-9(7)14-3-4-15-8(2)6-14/h5,8H,3-4,6H2,1-2H3. The average molecular weight is 244 g/mol. The number of anilines is 1. The first-order valence-electron chi connectivity index (χ1n) is 5.02. The Balaban J connectivity index is 2.24. The Labute approximate surface area is 99.2 Å². The summed E-state index contributed by atoms with van der Waals surface area (Å²) in [6.45, 7) is 6.36. The van der Waals surface area contributed by atoms with E-state index in [-0.39, 0.29) is 0 Å². The molecule has 1 aliphatic heterocycles. The van der Waals surface area contributed by atoms with Crippen molar-refractivity contribution in [3.8, 4) is 0 Å². The Bertz CT molecular complexity index is 359. The van der Waals surface area contributed by atoms with Crippen molar-refractivity contribution >= 4 is 29.2 Å². The third-order valence-electron chi connectivity index (χ3n) is 2.46. The van der Waals surface area contributed by atoms with Gasteiger partial charge in [0.2, 0.25) is 5.28 Å². The Morgan fingerprint density at radius 3 is 3.13 bits per heavy atom. The Kier molecular flexibility index (Phi) is 3.36. The van der Waals surface area contributed by atoms with Crippen LogP contribution in [0.1, 0.15) is 12.5 Å². The molecule has 2 heterocycles. The second-order valence-electron chi connectivity index (χ2n) is 3.77. The maximum absolute atomic E-state index is 5.82. The van der Waals surface area contributed by atoms with Crippen LogP contribution in [-0.2, 0) is 0 Å². The summed E-state index contributed by atoms with van der Waals surface area (Å²) in [5, 5.41) is 0.994. The molecule has 0 radical (unpaired) electrons. The zero-order valence-corrected chi connectivity index (χ0v) is 10.5. The maximum atomic E-state index is 5.82. The lowest BCUT2D eigenvalue weighted by Crippen LogP contribution is -2.37. The Morgan fingerprint density at radius 2 is 2.40 bits per heavy atom. The number of rotatable bonds is 1. The summed E-state index contributed by atoms with van der Waals surface area (Å²) in [6.07, 6.45) is 1.79. The molecule has 0 amide bonds. The van der Waals surface area contributed by atoms with Gasteiger partial charge in [-0.15, -0.1) is 0 Å². The minimum Gasteiger partial charge on any atom is -0.354 e. The van der Waals surface area contributed by atoms with E-state index < -0.39 is 0 Å². The first-order valence-corrected chi connectivity index (χ1v) is 6.45. The van der Waals surface area contributed by atoms with Crippen molar-refractivity contribution in [3.05, 3.63) is 17.0 Å². The number of hydrogen-bond donors (Lipinski definition) is 0. The van der Waals surface area contributed by atoms with Crippen LogP contribution in [0.25, 0.3) is 0 Å². The monoisotopic (exact) mass is 243 g/mol. The minimum atomic E-state index is 0.335. The van der Waals surface area contributed by atoms with Crippen LogP contribution < -0.4 is 4.90 Å². The van der Waals surface area contributed by atoms with E-state index in [1.165, 1.54) is 0 Å². The van der Waals surface area contributed by atoms with Crippen LogP contribution in [-0.4, -0.2) is 34.1 Å². The van der Waals surface area contributed by atoms with E-state index in [1.807, 2.05) is 18.7 Å². The molecular formula is C10H14ClN3S. The quantitative estimate of drug-likeness (QED) is 0.709. The zero-order valence-electron chi connectivity index (χ0n) is 8.90. The van der Waals surface area contributed by atoms with Crippen molar-refractivity contribution < 1.29 is 0 Å². The van der Waals surface area contributed by atoms with E-state index in [1.54, 1.807) is 6.20 Å². The van der Waals surface area contributed by atoms with Crippen LogP contribution in [0.3, 0.4) is 0 Å². The minimum absolute atomic E-state index is 0.335. The van der Waals surface area contributed by atoms with Gasteiger partial charge >= 0.3 is 0 Å². The van der Waals surface area contributed by atoms with Gasteiger partial charge in [0.25, 0.3) is 0 Å². The summed E-state index contributed by atoms with van der Waals surface area (Å²) >= 11 is 7.83. The van der Waals surface area contributed by atoms with Crippen LogP contribution in [0.15, 0.2) is 6.20 Å². The van der Waals surface area contributed by atoms with Gasteiger partial charge in [-0.05, 0) is 18.5 Å². The molecule has 1 aromatic heterocycles. The third-order valence-corrected chi connectivity index (χ3v) is 3.77. The van der Waals surface area contributed by atoms with Gasteiger partial charge in [-0.1, -0.05) is 6.92 Å². The molecule has 1 aliphatic rings. The van der Waals surface area contributed by atoms with Crippen LogP contribution in [0, 0.1) is 6.92 Å². The number of nitrogens with zero attached hydrogens (tertiary/aromatic N) is 3. The van der Waals surface area contributed by atoms with Crippen molar-refractivity contribution in [2.75, 3.05) is 23.7 Å². The Morgan fingerprint density at radius 1 is 1.60 bits per heavy atom. The van der Waals surface area contributed by atoms with Crippen molar-refractivity contribution in [2.24, 2.45) is 0 Å². The lowest BCUT2D eigenvalue weighted by Gasteiger charge is -2.32. The normalized spacial score (nSPS) is 21.8. The first-order chi connectivity index (χ1) is 7.16. The van der Waals surface area contributed by atoms with Crippen molar-refractivity contribution in [1.29, 1.82) is 0 Å². The molecule has 1 unspecified atom stereocenters. The molecular weight excluding hydrogens is 230 g/mol. The number of halogens is 1. The summed E-state index contributed by atoms with van der Waals surface area (Å²) < 4.78 is 0. The summed E-state index contributed by atoms with van der Waals surface area (Å²) in [7, 11) is 0. The highest BCUT2D eigenvalue weighted by Crippen LogP contribution is 2.25. The summed E-state index contributed by atoms with van der Waals surface area (Å²) in [5.74, 6) is 2.14. The molecule has 2 rings (SSSR count). The van der Waals surface area contributed by atoms with E-state index in [2.05, 4.69) is 21.8 Å². The highest BCUT2D eigenvalue weighted by molar-refractivity contribution is 8.00. The number of aromatic nitrogens is 2. The number of thioether (sulfide) groups is 1. The molecule has 5 heteroatoms. The molecule has 1 aromatic rings. The third kappa shape index (κ3) is 2.55. The fourth-order valence-electron chi connectivity index (χ4n) is 1.74. The topological polar surface area (TPSA) is 29.0 Å². The average Bonchev–Trinajstić information content (AvgIpc) is 2.22. The SMILES string of the molecule is Cc1cnc(Cl)nc1N1CCSC(C)C1. The molecule has 0 aromatic carbocycles. The van der Waals surface area contributed by atoms with Gasteiger partial charge in [0.1, 0.15) is 5.82 Å². The summed E-state index contributed by atoms with van der Waals surface area (Å²) in [6, 6.07) is 0. The molecule has 0 N–H and O–H groups in total. The van der Waals surface area contributed by atoms with Crippen molar-refractivity contribution in [3.63, 3.8) is 0 Å². The van der Waals surface area contributed by atoms with E-state index >= 15 is 0 Å². The molecule has 1 atom stereocenters. The first kappa shape index (κ1) is 11.0. The predicted molar refractivity (Wildman–Crippen MR) is 65.9 cm³/mol. The van der Waals surface area contributed by atoms with Crippen LogP contribution >= 0.6 is 23.4 Å². The number of hydrogen-bond acceptors (Lipinski definition) is 4. The maximum Gasteiger partial charge on any atom is 0.224 e. The van der Waals surface area contributed by atoms with Gasteiger partial charge < -0.3 is 4.90 Å². The highest BCUT2D eigenvalue weighted by atomic mass is 35.5. The zero-order chi connectivity index (χ0) is 10.8. The van der Waals surface area contributed by atoms with Crippen LogP contribution in [0.5, 0.6) is 0 Å². The molecule has 0 saturated carbocycles. The Hall–Kier alpha value is -0.480. The van der Waals surface area contributed by atoms with Crippen molar-refractivity contribution in [2.45, 2.75) is 19.1 Å². The van der Waals surface area contributed by atoms with E-state index in [0.717, 1.165) is 30.2 Å². The predicted octanol–water partition coefficient (Wildman–Crippen LogP) is 2.38. The van der Waals surface area contributed by atoms with Gasteiger partial charge in [-0.2, -0.15) is 11.8 Å². The molecule has 0 bridgehead atoms. The summed E-state index contributed by atoms with van der Waals surface area (Å²) in [4.78, 5) is 10.6. The van der Waals surface area contributed by atoms with E-state index in [9.17, 15) is 0 Å². The second-order valence-corrected chi connectivity index (χ2v) is 5.66. The lowest BCUT2D eigenvalue weighted by atomic mass is 10.3. The molecule has 0 aliphatic carbocycles. The van der Waals surface area contributed by atoms with Gasteiger partial charge in [-0.25, -0.2) is 9.97 Å². The fraction of sp³-hybridized carbons (Fsp3) is 0.600. The smallest absolute Gasteiger partial charge is 0.224 e. The van der Waals surface area contributed by atoms with Gasteiger partial charge in [-0.3, -0.25) is 0 Å². The lowest BCUT2D eigenvalue weighted by molar-refractivity contribution is 0.764. The summed E-state index contributed by atoms with van der Waals surface area (Å²) in [5.41, 5.74) is 1.10. The molecule has 3 nitrogen and oxygen atoms in total. The van der Waals surface area contributed by atoms with Gasteiger partial charge in [0, 0.05) is 35.9 Å². The molecule has 82 valence electrons. The molecule has 1 fully saturated rings. The van der Waals surface area contributed by atoms with Crippen LogP contribution in [0.4, 0.5) is 5.82 Å². The fourth-order valence-corrected chi connectivity index (χ4v) is 2.89.